The Morgan fingerprint density at radius 2 is 1.55 bits per heavy atom. The first-order valence-corrected chi connectivity index (χ1v) is 9.02. The number of carbonyl (C=O) groups is 1. The minimum Gasteiger partial charge on any atom is -0.380 e. The van der Waals surface area contributed by atoms with Crippen molar-refractivity contribution in [2.24, 2.45) is 5.29 Å². The molecule has 33 heavy (non-hydrogen) atoms. The van der Waals surface area contributed by atoms with E-state index < -0.39 is 29.5 Å². The van der Waals surface area contributed by atoms with Crippen molar-refractivity contribution in [3.8, 4) is 12.8 Å². The van der Waals surface area contributed by atoms with E-state index in [1.165, 1.54) is 7.11 Å². The van der Waals surface area contributed by atoms with Gasteiger partial charge in [0.15, 0.2) is 0 Å². The number of carbonyl (C=O) groups excluding carboxylic acids is 1. The maximum absolute atomic E-state index is 12.4. The molecule has 1 aliphatic rings. The van der Waals surface area contributed by atoms with Crippen LogP contribution in [0.3, 0.4) is 0 Å². The second-order valence-electron chi connectivity index (χ2n) is 6.42. The lowest BCUT2D eigenvalue weighted by atomic mass is 10.1. The highest BCUT2D eigenvalue weighted by Crippen LogP contribution is 2.36. The van der Waals surface area contributed by atoms with Gasteiger partial charge in [-0.05, 0) is 29.3 Å². The van der Waals surface area contributed by atoms with E-state index in [1.807, 2.05) is 30.3 Å². The molecule has 0 radical (unpaired) electrons. The van der Waals surface area contributed by atoms with Gasteiger partial charge in [-0.15, -0.1) is 17.8 Å². The van der Waals surface area contributed by atoms with Crippen LogP contribution < -0.4 is 5.32 Å². The number of terminal acetylenes is 1. The van der Waals surface area contributed by atoms with Gasteiger partial charge in [0, 0.05) is 7.11 Å². The van der Waals surface area contributed by atoms with Crippen molar-refractivity contribution in [2.45, 2.75) is 25.0 Å². The van der Waals surface area contributed by atoms with Crippen LogP contribution in [0.2, 0.25) is 0 Å². The zero-order chi connectivity index (χ0) is 25.2. The van der Waals surface area contributed by atoms with Gasteiger partial charge < -0.3 is 10.1 Å². The molecule has 1 atom stereocenters. The van der Waals surface area contributed by atoms with Gasteiger partial charge in [0.2, 0.25) is 0 Å². The number of nitroso groups, excluding NO2 is 1. The molecule has 0 bridgehead atoms. The molecule has 1 N–H and O–H groups in total. The largest absolute Gasteiger partial charge is 0.416 e. The molecular weight excluding hydrogens is 456 g/mol. The van der Waals surface area contributed by atoms with Crippen LogP contribution in [0.25, 0.3) is 0 Å². The number of urea groups is 1. The molecule has 1 heterocycles. The summed E-state index contributed by atoms with van der Waals surface area (Å²) in [5, 5.41) is 6.17. The first-order chi connectivity index (χ1) is 15.5. The molecule has 2 aromatic rings. The van der Waals surface area contributed by atoms with Crippen LogP contribution in [0.1, 0.15) is 28.3 Å². The summed E-state index contributed by atoms with van der Waals surface area (Å²) in [5.74, 6) is 0. The topological polar surface area (TPSA) is 71.0 Å². The van der Waals surface area contributed by atoms with Crippen LogP contribution >= 0.6 is 0 Å². The molecule has 3 rings (SSSR count). The zero-order valence-electron chi connectivity index (χ0n) is 17.2. The van der Waals surface area contributed by atoms with Crippen LogP contribution in [0.4, 0.5) is 31.1 Å². The van der Waals surface area contributed by atoms with Crippen molar-refractivity contribution in [3.05, 3.63) is 75.7 Å². The lowest BCUT2D eigenvalue weighted by molar-refractivity contribution is -0.143. The van der Waals surface area contributed by atoms with Crippen molar-refractivity contribution >= 4 is 6.03 Å². The quantitative estimate of drug-likeness (QED) is 0.358. The summed E-state index contributed by atoms with van der Waals surface area (Å²) in [7, 11) is 1.19. The number of amides is 2. The van der Waals surface area contributed by atoms with Crippen molar-refractivity contribution in [1.29, 1.82) is 0 Å². The van der Waals surface area contributed by atoms with Crippen molar-refractivity contribution in [1.82, 2.24) is 10.3 Å². The van der Waals surface area contributed by atoms with Crippen LogP contribution in [0.5, 0.6) is 0 Å². The number of alkyl halides is 6. The first-order valence-electron chi connectivity index (χ1n) is 9.02. The Morgan fingerprint density at radius 3 is 1.94 bits per heavy atom. The fraction of sp³-hybridized carbons (Fsp3) is 0.286. The SMILES string of the molecule is C#C.COCc1cc(C(F)(F)F)cc(C(F)(F)F)c1.O=NN1C[C@@H](c2ccccc2)NC1=O. The van der Waals surface area contributed by atoms with Crippen molar-refractivity contribution in [2.75, 3.05) is 13.7 Å². The standard InChI is InChI=1S/C10H8F6O.C9H9N3O2.C2H2/c1-17-5-6-2-7(9(11,12)13)4-8(3-6)10(14,15)16;13-9-10-8(6-12(9)11-14)7-4-2-1-3-5-7;1-2/h2-4H,5H2,1H3;1-5,8H,6H2,(H,10,13);1-2H/t;8-;/m.0./s1. The Labute approximate surface area is 185 Å². The third-order valence-corrected chi connectivity index (χ3v) is 4.15. The first kappa shape index (κ1) is 27.4. The summed E-state index contributed by atoms with van der Waals surface area (Å²) in [5.41, 5.74) is -1.86. The van der Waals surface area contributed by atoms with Gasteiger partial charge in [0.1, 0.15) is 0 Å². The predicted octanol–water partition coefficient (Wildman–Crippen LogP) is 5.55. The number of halogens is 6. The number of nitrogens with zero attached hydrogens (tertiary/aromatic N) is 2. The van der Waals surface area contributed by atoms with Gasteiger partial charge in [0.25, 0.3) is 0 Å². The highest BCUT2D eigenvalue weighted by molar-refractivity contribution is 5.76. The van der Waals surface area contributed by atoms with E-state index in [0.717, 1.165) is 10.6 Å². The maximum atomic E-state index is 12.4. The summed E-state index contributed by atoms with van der Waals surface area (Å²) in [6, 6.07) is 10.3. The van der Waals surface area contributed by atoms with Gasteiger partial charge in [-0.3, -0.25) is 0 Å². The third kappa shape index (κ3) is 8.12. The number of ether oxygens (including phenoxy) is 1. The molecule has 12 heteroatoms. The number of rotatable bonds is 4. The normalized spacial score (nSPS) is 15.5. The van der Waals surface area contributed by atoms with E-state index in [2.05, 4.69) is 28.2 Å². The summed E-state index contributed by atoms with van der Waals surface area (Å²) in [6.07, 6.45) is -1.63. The van der Waals surface area contributed by atoms with Gasteiger partial charge in [-0.1, -0.05) is 30.3 Å². The number of methoxy groups -OCH3 is 1. The molecule has 0 aliphatic carbocycles. The number of hydrogen-bond donors (Lipinski definition) is 1. The van der Waals surface area contributed by atoms with Gasteiger partial charge in [0.05, 0.1) is 35.6 Å². The lowest BCUT2D eigenvalue weighted by Gasteiger charge is -2.13. The minimum atomic E-state index is -4.82. The second-order valence-corrected chi connectivity index (χ2v) is 6.42. The van der Waals surface area contributed by atoms with E-state index in [9.17, 15) is 36.0 Å². The third-order valence-electron chi connectivity index (χ3n) is 4.15. The van der Waals surface area contributed by atoms with Gasteiger partial charge >= 0.3 is 18.4 Å². The molecule has 0 unspecified atom stereocenters. The second kappa shape index (κ2) is 11.9. The van der Waals surface area contributed by atoms with Crippen LogP contribution in [-0.2, 0) is 23.7 Å². The Balaban J connectivity index is 0.000000311. The van der Waals surface area contributed by atoms with Crippen LogP contribution in [0, 0.1) is 17.8 Å². The predicted molar refractivity (Wildman–Crippen MR) is 107 cm³/mol. The number of benzene rings is 2. The average molecular weight is 475 g/mol. The molecule has 1 saturated heterocycles. The van der Waals surface area contributed by atoms with Crippen molar-refractivity contribution in [3.63, 3.8) is 0 Å². The molecule has 178 valence electrons. The molecule has 1 aliphatic heterocycles. The molecule has 0 spiro atoms. The van der Waals surface area contributed by atoms with E-state index in [1.54, 1.807) is 0 Å². The molecule has 1 fully saturated rings. The Kier molecular flexibility index (Phi) is 9.87. The van der Waals surface area contributed by atoms with Crippen LogP contribution in [-0.4, -0.2) is 24.7 Å². The van der Waals surface area contributed by atoms with Gasteiger partial charge in [-0.2, -0.15) is 31.4 Å². The maximum Gasteiger partial charge on any atom is 0.416 e. The van der Waals surface area contributed by atoms with Crippen LogP contribution in [0.15, 0.2) is 53.8 Å². The Morgan fingerprint density at radius 1 is 1.03 bits per heavy atom. The number of hydrogen-bond acceptors (Lipinski definition) is 4. The molecule has 0 aromatic heterocycles. The Hall–Kier alpha value is -3.59. The van der Waals surface area contributed by atoms with E-state index in [0.29, 0.717) is 18.7 Å². The Bertz CT molecular complexity index is 913. The molecule has 6 nitrogen and oxygen atoms in total. The number of nitrogens with one attached hydrogen (secondary N) is 1. The van der Waals surface area contributed by atoms with Gasteiger partial charge in [-0.25, -0.2) is 4.79 Å². The highest BCUT2D eigenvalue weighted by atomic mass is 19.4. The van der Waals surface area contributed by atoms with E-state index >= 15 is 0 Å². The zero-order valence-corrected chi connectivity index (χ0v) is 17.2. The fourth-order valence-electron chi connectivity index (χ4n) is 2.74. The van der Waals surface area contributed by atoms with Crippen molar-refractivity contribution < 1.29 is 35.9 Å². The molecule has 0 saturated carbocycles. The van der Waals surface area contributed by atoms with E-state index in [4.69, 9.17) is 0 Å². The summed E-state index contributed by atoms with van der Waals surface area (Å²) in [6.45, 7) is -0.0145. The fourth-order valence-corrected chi connectivity index (χ4v) is 2.74. The molecular formula is C21H19F6N3O3. The highest BCUT2D eigenvalue weighted by Gasteiger charge is 2.36. The lowest BCUT2D eigenvalue weighted by Crippen LogP contribution is -2.23. The average Bonchev–Trinajstić information content (AvgIpc) is 3.16. The monoisotopic (exact) mass is 475 g/mol. The molecule has 2 amide bonds. The summed E-state index contributed by atoms with van der Waals surface area (Å²) < 4.78 is 78.7. The van der Waals surface area contributed by atoms with E-state index in [-0.39, 0.29) is 24.3 Å². The summed E-state index contributed by atoms with van der Waals surface area (Å²) >= 11 is 0. The molecule has 2 aromatic carbocycles. The minimum absolute atomic E-state index is 0.0825. The smallest absolute Gasteiger partial charge is 0.380 e. The summed E-state index contributed by atoms with van der Waals surface area (Å²) in [4.78, 5) is 21.3.